The van der Waals surface area contributed by atoms with Crippen LogP contribution in [0, 0.1) is 11.8 Å². The summed E-state index contributed by atoms with van der Waals surface area (Å²) in [6.07, 6.45) is 3.86. The summed E-state index contributed by atoms with van der Waals surface area (Å²) in [6, 6.07) is 0. The van der Waals surface area contributed by atoms with Crippen LogP contribution >= 0.6 is 0 Å². The maximum absolute atomic E-state index is 11.4. The second kappa shape index (κ2) is 3.88. The Morgan fingerprint density at radius 2 is 2.08 bits per heavy atom. The monoisotopic (exact) mass is 166 g/mol. The van der Waals surface area contributed by atoms with Gasteiger partial charge in [-0.2, -0.15) is 0 Å². The Morgan fingerprint density at radius 3 is 2.67 bits per heavy atom. The summed E-state index contributed by atoms with van der Waals surface area (Å²) in [6.45, 7) is 8.13. The largest absolute Gasteiger partial charge is 0.300 e. The number of rotatable bonds is 1. The van der Waals surface area contributed by atoms with Crippen LogP contribution in [-0.4, -0.2) is 5.78 Å². The highest BCUT2D eigenvalue weighted by Crippen LogP contribution is 2.28. The molecule has 1 rings (SSSR count). The molecule has 1 aliphatic rings. The molecule has 12 heavy (non-hydrogen) atoms. The first-order chi connectivity index (χ1) is 5.59. The van der Waals surface area contributed by atoms with E-state index in [-0.39, 0.29) is 0 Å². The molecule has 1 saturated carbocycles. The first kappa shape index (κ1) is 9.50. The van der Waals surface area contributed by atoms with Crippen LogP contribution in [-0.2, 0) is 4.79 Å². The predicted octanol–water partition coefficient (Wildman–Crippen LogP) is 2.96. The van der Waals surface area contributed by atoms with Crippen LogP contribution in [0.25, 0.3) is 0 Å². The molecule has 1 nitrogen and oxygen atoms in total. The highest BCUT2D eigenvalue weighted by molar-refractivity contribution is 5.79. The molecule has 0 spiro atoms. The fourth-order valence-electron chi connectivity index (χ4n) is 1.86. The van der Waals surface area contributed by atoms with Gasteiger partial charge in [0, 0.05) is 12.8 Å². The maximum atomic E-state index is 11.4. The highest BCUT2D eigenvalue weighted by atomic mass is 16.1. The number of carbonyl (C=O) groups is 1. The van der Waals surface area contributed by atoms with E-state index >= 15 is 0 Å². The zero-order valence-corrected chi connectivity index (χ0v) is 8.10. The Kier molecular flexibility index (Phi) is 3.07. The Morgan fingerprint density at radius 1 is 1.42 bits per heavy atom. The van der Waals surface area contributed by atoms with Crippen LogP contribution in [0.15, 0.2) is 12.2 Å². The summed E-state index contributed by atoms with van der Waals surface area (Å²) >= 11 is 0. The van der Waals surface area contributed by atoms with Gasteiger partial charge in [0.15, 0.2) is 0 Å². The summed E-state index contributed by atoms with van der Waals surface area (Å²) in [5.74, 6) is 1.47. The van der Waals surface area contributed by atoms with Crippen molar-refractivity contribution in [2.75, 3.05) is 0 Å². The molecule has 0 radical (unpaired) electrons. The molecule has 0 amide bonds. The molecular formula is C11H18O. The molecule has 0 heterocycles. The van der Waals surface area contributed by atoms with E-state index in [2.05, 4.69) is 13.5 Å². The van der Waals surface area contributed by atoms with Crippen LogP contribution in [0.4, 0.5) is 0 Å². The van der Waals surface area contributed by atoms with Gasteiger partial charge in [0.1, 0.15) is 5.78 Å². The van der Waals surface area contributed by atoms with Gasteiger partial charge >= 0.3 is 0 Å². The normalized spacial score (nSPS) is 31.3. The lowest BCUT2D eigenvalue weighted by atomic mass is 9.93. The van der Waals surface area contributed by atoms with Gasteiger partial charge in [-0.1, -0.05) is 19.1 Å². The minimum absolute atomic E-state index is 0.424. The number of Topliss-reactive ketones (excluding diaryl/α,β-unsaturated/α-hetero) is 1. The number of hydrogen-bond donors (Lipinski definition) is 0. The van der Waals surface area contributed by atoms with Gasteiger partial charge in [0.05, 0.1) is 0 Å². The van der Waals surface area contributed by atoms with Crippen molar-refractivity contribution in [3.63, 3.8) is 0 Å². The van der Waals surface area contributed by atoms with Crippen molar-refractivity contribution in [1.29, 1.82) is 0 Å². The smallest absolute Gasteiger partial charge is 0.133 e. The quantitative estimate of drug-likeness (QED) is 0.432. The SMILES string of the molecule is C=C(C)[C@@H]1CC[C@@H](C)CC(=O)C1. The molecule has 0 aliphatic heterocycles. The van der Waals surface area contributed by atoms with Crippen molar-refractivity contribution in [3.8, 4) is 0 Å². The second-order valence-electron chi connectivity index (χ2n) is 4.17. The molecule has 0 N–H and O–H groups in total. The van der Waals surface area contributed by atoms with E-state index in [1.807, 2.05) is 6.92 Å². The predicted molar refractivity (Wildman–Crippen MR) is 50.9 cm³/mol. The lowest BCUT2D eigenvalue weighted by Crippen LogP contribution is -2.05. The van der Waals surface area contributed by atoms with Crippen LogP contribution in [0.1, 0.15) is 39.5 Å². The van der Waals surface area contributed by atoms with Crippen LogP contribution in [0.3, 0.4) is 0 Å². The molecule has 1 aliphatic carbocycles. The Labute approximate surface area is 74.9 Å². The van der Waals surface area contributed by atoms with Gasteiger partial charge in [0.25, 0.3) is 0 Å². The second-order valence-corrected chi connectivity index (χ2v) is 4.17. The first-order valence-corrected chi connectivity index (χ1v) is 4.76. The van der Waals surface area contributed by atoms with Gasteiger partial charge in [0.2, 0.25) is 0 Å². The van der Waals surface area contributed by atoms with Crippen molar-refractivity contribution in [1.82, 2.24) is 0 Å². The maximum Gasteiger partial charge on any atom is 0.133 e. The summed E-state index contributed by atoms with van der Waals surface area (Å²) in [4.78, 5) is 11.4. The molecule has 68 valence electrons. The number of hydrogen-bond acceptors (Lipinski definition) is 1. The standard InChI is InChI=1S/C11H18O/c1-8(2)10-5-4-9(3)6-11(12)7-10/h9-10H,1,4-7H2,2-3H3/t9-,10-/m1/s1. The van der Waals surface area contributed by atoms with Gasteiger partial charge in [-0.05, 0) is 31.6 Å². The van der Waals surface area contributed by atoms with Crippen molar-refractivity contribution < 1.29 is 4.79 Å². The molecule has 0 unspecified atom stereocenters. The number of allylic oxidation sites excluding steroid dienone is 1. The van der Waals surface area contributed by atoms with E-state index in [1.165, 1.54) is 12.0 Å². The van der Waals surface area contributed by atoms with E-state index in [0.29, 0.717) is 17.6 Å². The molecule has 0 bridgehead atoms. The number of carbonyl (C=O) groups excluding carboxylic acids is 1. The zero-order valence-electron chi connectivity index (χ0n) is 8.10. The molecule has 2 atom stereocenters. The average molecular weight is 166 g/mol. The van der Waals surface area contributed by atoms with E-state index in [9.17, 15) is 4.79 Å². The first-order valence-electron chi connectivity index (χ1n) is 4.76. The van der Waals surface area contributed by atoms with E-state index in [4.69, 9.17) is 0 Å². The van der Waals surface area contributed by atoms with E-state index in [0.717, 1.165) is 19.3 Å². The third kappa shape index (κ3) is 2.47. The van der Waals surface area contributed by atoms with Crippen molar-refractivity contribution in [2.45, 2.75) is 39.5 Å². The lowest BCUT2D eigenvalue weighted by Gasteiger charge is -2.12. The Balaban J connectivity index is 2.58. The summed E-state index contributed by atoms with van der Waals surface area (Å²) < 4.78 is 0. The fourth-order valence-corrected chi connectivity index (χ4v) is 1.86. The minimum Gasteiger partial charge on any atom is -0.300 e. The summed E-state index contributed by atoms with van der Waals surface area (Å²) in [7, 11) is 0. The molecule has 0 saturated heterocycles. The third-order valence-electron chi connectivity index (χ3n) is 2.76. The molecule has 0 aromatic rings. The van der Waals surface area contributed by atoms with Crippen LogP contribution in [0.5, 0.6) is 0 Å². The molecule has 0 aromatic carbocycles. The molecule has 0 aromatic heterocycles. The minimum atomic E-state index is 0.424. The van der Waals surface area contributed by atoms with Gasteiger partial charge in [-0.15, -0.1) is 0 Å². The summed E-state index contributed by atoms with van der Waals surface area (Å²) in [5.41, 5.74) is 1.18. The van der Waals surface area contributed by atoms with Crippen molar-refractivity contribution in [2.24, 2.45) is 11.8 Å². The fraction of sp³-hybridized carbons (Fsp3) is 0.727. The van der Waals surface area contributed by atoms with Gasteiger partial charge in [-0.3, -0.25) is 4.79 Å². The topological polar surface area (TPSA) is 17.1 Å². The molecule has 1 fully saturated rings. The average Bonchev–Trinajstić information content (AvgIpc) is 2.11. The molecular weight excluding hydrogens is 148 g/mol. The van der Waals surface area contributed by atoms with Crippen LogP contribution < -0.4 is 0 Å². The highest BCUT2D eigenvalue weighted by Gasteiger charge is 2.21. The van der Waals surface area contributed by atoms with Crippen molar-refractivity contribution in [3.05, 3.63) is 12.2 Å². The zero-order chi connectivity index (χ0) is 9.14. The molecule has 1 heteroatoms. The van der Waals surface area contributed by atoms with Crippen molar-refractivity contribution >= 4 is 5.78 Å². The Hall–Kier alpha value is -0.590. The van der Waals surface area contributed by atoms with Gasteiger partial charge in [-0.25, -0.2) is 0 Å². The van der Waals surface area contributed by atoms with E-state index < -0.39 is 0 Å². The number of ketones is 1. The lowest BCUT2D eigenvalue weighted by molar-refractivity contribution is -0.119. The third-order valence-corrected chi connectivity index (χ3v) is 2.76. The van der Waals surface area contributed by atoms with E-state index in [1.54, 1.807) is 0 Å². The Bertz CT molecular complexity index is 193. The summed E-state index contributed by atoms with van der Waals surface area (Å²) in [5, 5.41) is 0. The van der Waals surface area contributed by atoms with Crippen LogP contribution in [0.2, 0.25) is 0 Å². The van der Waals surface area contributed by atoms with Gasteiger partial charge < -0.3 is 0 Å².